The molecular weight excluding hydrogens is 236 g/mol. The van der Waals surface area contributed by atoms with Crippen molar-refractivity contribution in [2.45, 2.75) is 25.3 Å². The van der Waals surface area contributed by atoms with E-state index >= 15 is 0 Å². The van der Waals surface area contributed by atoms with Crippen LogP contribution in [0.4, 0.5) is 0 Å². The van der Waals surface area contributed by atoms with E-state index < -0.39 is 23.5 Å². The third-order valence-electron chi connectivity index (χ3n) is 2.91. The van der Waals surface area contributed by atoms with E-state index in [-0.39, 0.29) is 5.56 Å². The number of aromatic amines is 1. The molecule has 96 valence electrons. The quantitative estimate of drug-likeness (QED) is 0.702. The van der Waals surface area contributed by atoms with Crippen molar-refractivity contribution in [1.82, 2.24) is 10.3 Å². The number of hydrogen-bond donors (Lipinski definition) is 3. The number of amides is 1. The minimum absolute atomic E-state index is 0.167. The highest BCUT2D eigenvalue weighted by Crippen LogP contribution is 2.33. The maximum Gasteiger partial charge on any atom is 0.326 e. The van der Waals surface area contributed by atoms with Gasteiger partial charge in [0.2, 0.25) is 5.56 Å². The topological polar surface area (TPSA) is 99.3 Å². The highest BCUT2D eigenvalue weighted by Gasteiger charge is 2.30. The van der Waals surface area contributed by atoms with Crippen LogP contribution in [0.3, 0.4) is 0 Å². The largest absolute Gasteiger partial charge is 0.480 e. The molecule has 0 spiro atoms. The fourth-order valence-electron chi connectivity index (χ4n) is 1.74. The van der Waals surface area contributed by atoms with E-state index in [1.54, 1.807) is 0 Å². The molecule has 1 atom stereocenters. The second-order valence-corrected chi connectivity index (χ2v) is 4.48. The Morgan fingerprint density at radius 2 is 2.22 bits per heavy atom. The first-order valence-corrected chi connectivity index (χ1v) is 5.78. The maximum atomic E-state index is 11.8. The number of rotatable bonds is 5. The van der Waals surface area contributed by atoms with Crippen molar-refractivity contribution in [3.8, 4) is 0 Å². The molecule has 1 aliphatic carbocycles. The number of carboxylic acid groups (broad SMARTS) is 1. The van der Waals surface area contributed by atoms with Gasteiger partial charge >= 0.3 is 5.97 Å². The van der Waals surface area contributed by atoms with Crippen LogP contribution >= 0.6 is 0 Å². The van der Waals surface area contributed by atoms with Gasteiger partial charge < -0.3 is 15.4 Å². The predicted octanol–water partition coefficient (Wildman–Crippen LogP) is 0.358. The molecule has 1 fully saturated rings. The fraction of sp³-hybridized carbons (Fsp3) is 0.417. The lowest BCUT2D eigenvalue weighted by Gasteiger charge is -2.13. The van der Waals surface area contributed by atoms with Crippen LogP contribution in [-0.2, 0) is 4.79 Å². The highest BCUT2D eigenvalue weighted by atomic mass is 16.4. The van der Waals surface area contributed by atoms with Crippen molar-refractivity contribution in [1.29, 1.82) is 0 Å². The van der Waals surface area contributed by atoms with Gasteiger partial charge in [0.25, 0.3) is 5.91 Å². The Bertz CT molecular complexity index is 519. The van der Waals surface area contributed by atoms with Gasteiger partial charge in [-0.15, -0.1) is 0 Å². The van der Waals surface area contributed by atoms with Crippen molar-refractivity contribution in [2.75, 3.05) is 0 Å². The molecular formula is C12H14N2O4. The first kappa shape index (κ1) is 12.3. The third-order valence-corrected chi connectivity index (χ3v) is 2.91. The number of carboxylic acids is 1. The summed E-state index contributed by atoms with van der Waals surface area (Å²) in [4.78, 5) is 36.2. The molecule has 0 bridgehead atoms. The molecule has 1 aromatic heterocycles. The Labute approximate surface area is 103 Å². The monoisotopic (exact) mass is 250 g/mol. The average molecular weight is 250 g/mol. The van der Waals surface area contributed by atoms with E-state index in [0.717, 1.165) is 18.9 Å². The minimum Gasteiger partial charge on any atom is -0.480 e. The molecule has 1 unspecified atom stereocenters. The maximum absolute atomic E-state index is 11.8. The van der Waals surface area contributed by atoms with Crippen molar-refractivity contribution in [3.63, 3.8) is 0 Å². The number of aliphatic carboxylic acids is 1. The van der Waals surface area contributed by atoms with Crippen molar-refractivity contribution in [3.05, 3.63) is 34.2 Å². The lowest BCUT2D eigenvalue weighted by atomic mass is 10.1. The number of hydrogen-bond acceptors (Lipinski definition) is 3. The third kappa shape index (κ3) is 3.19. The minimum atomic E-state index is -1.04. The van der Waals surface area contributed by atoms with E-state index in [9.17, 15) is 14.4 Å². The van der Waals surface area contributed by atoms with Gasteiger partial charge in [-0.25, -0.2) is 4.79 Å². The zero-order chi connectivity index (χ0) is 13.1. The normalized spacial score (nSPS) is 16.0. The van der Waals surface area contributed by atoms with E-state index in [0.29, 0.717) is 12.3 Å². The van der Waals surface area contributed by atoms with Gasteiger partial charge in [0.15, 0.2) is 0 Å². The summed E-state index contributed by atoms with van der Waals surface area (Å²) in [6, 6.07) is 1.70. The first-order valence-electron chi connectivity index (χ1n) is 5.78. The molecule has 2 rings (SSSR count). The Balaban J connectivity index is 2.03. The number of nitrogens with one attached hydrogen (secondary N) is 2. The summed E-state index contributed by atoms with van der Waals surface area (Å²) in [5.74, 6) is -1.18. The molecule has 1 heterocycles. The van der Waals surface area contributed by atoms with Crippen LogP contribution in [0, 0.1) is 5.92 Å². The molecule has 0 aromatic carbocycles. The van der Waals surface area contributed by atoms with Crippen LogP contribution in [0.2, 0.25) is 0 Å². The smallest absolute Gasteiger partial charge is 0.326 e. The van der Waals surface area contributed by atoms with E-state index in [4.69, 9.17) is 5.11 Å². The van der Waals surface area contributed by atoms with Gasteiger partial charge in [0.1, 0.15) is 6.04 Å². The van der Waals surface area contributed by atoms with Gasteiger partial charge in [0, 0.05) is 17.8 Å². The zero-order valence-electron chi connectivity index (χ0n) is 9.68. The Morgan fingerprint density at radius 3 is 2.78 bits per heavy atom. The number of pyridine rings is 1. The second kappa shape index (κ2) is 5.03. The fourth-order valence-corrected chi connectivity index (χ4v) is 1.74. The number of aromatic nitrogens is 1. The molecule has 0 aliphatic heterocycles. The van der Waals surface area contributed by atoms with Crippen molar-refractivity contribution < 1.29 is 14.7 Å². The Morgan fingerprint density at radius 1 is 1.50 bits per heavy atom. The summed E-state index contributed by atoms with van der Waals surface area (Å²) in [5, 5.41) is 11.5. The summed E-state index contributed by atoms with van der Waals surface area (Å²) in [5.41, 5.74) is -0.225. The molecule has 6 nitrogen and oxygen atoms in total. The molecule has 1 aliphatic rings. The molecule has 1 amide bonds. The van der Waals surface area contributed by atoms with Gasteiger partial charge in [-0.3, -0.25) is 9.59 Å². The van der Waals surface area contributed by atoms with Crippen LogP contribution in [0.1, 0.15) is 29.6 Å². The van der Waals surface area contributed by atoms with Gasteiger partial charge in [0.05, 0.1) is 0 Å². The van der Waals surface area contributed by atoms with E-state index in [2.05, 4.69) is 10.3 Å². The molecule has 0 saturated heterocycles. The standard InChI is InChI=1S/C12H14N2O4/c15-10-6-8(3-4-13-10)11(16)14-9(12(17)18)5-7-1-2-7/h3-4,6-7,9H,1-2,5H2,(H,13,15)(H,14,16)(H,17,18). The van der Waals surface area contributed by atoms with Crippen molar-refractivity contribution in [2.24, 2.45) is 5.92 Å². The molecule has 1 aromatic rings. The van der Waals surface area contributed by atoms with Crippen LogP contribution < -0.4 is 10.9 Å². The Hall–Kier alpha value is -2.11. The summed E-state index contributed by atoms with van der Waals surface area (Å²) in [6.45, 7) is 0. The Kier molecular flexibility index (Phi) is 3.45. The van der Waals surface area contributed by atoms with Crippen LogP contribution in [0.15, 0.2) is 23.1 Å². The van der Waals surface area contributed by atoms with E-state index in [1.807, 2.05) is 0 Å². The predicted molar refractivity (Wildman–Crippen MR) is 63.3 cm³/mol. The number of H-pyrrole nitrogens is 1. The number of carbonyl (C=O) groups excluding carboxylic acids is 1. The SMILES string of the molecule is O=C(NC(CC1CC1)C(=O)O)c1cc[nH]c(=O)c1. The molecule has 6 heteroatoms. The number of carbonyl (C=O) groups is 2. The molecule has 0 radical (unpaired) electrons. The molecule has 3 N–H and O–H groups in total. The average Bonchev–Trinajstić information content (AvgIpc) is 3.12. The lowest BCUT2D eigenvalue weighted by molar-refractivity contribution is -0.139. The summed E-state index contributed by atoms with van der Waals surface area (Å²) < 4.78 is 0. The van der Waals surface area contributed by atoms with Gasteiger partial charge in [-0.05, 0) is 18.4 Å². The summed E-state index contributed by atoms with van der Waals surface area (Å²) in [7, 11) is 0. The summed E-state index contributed by atoms with van der Waals surface area (Å²) in [6.07, 6.45) is 3.84. The second-order valence-electron chi connectivity index (χ2n) is 4.48. The zero-order valence-corrected chi connectivity index (χ0v) is 9.68. The molecule has 1 saturated carbocycles. The first-order chi connectivity index (χ1) is 8.56. The van der Waals surface area contributed by atoms with Crippen LogP contribution in [-0.4, -0.2) is 28.0 Å². The molecule has 18 heavy (non-hydrogen) atoms. The van der Waals surface area contributed by atoms with E-state index in [1.165, 1.54) is 12.3 Å². The lowest BCUT2D eigenvalue weighted by Crippen LogP contribution is -2.41. The van der Waals surface area contributed by atoms with Gasteiger partial charge in [-0.2, -0.15) is 0 Å². The van der Waals surface area contributed by atoms with Gasteiger partial charge in [-0.1, -0.05) is 12.8 Å². The highest BCUT2D eigenvalue weighted by molar-refractivity contribution is 5.96. The van der Waals surface area contributed by atoms with Crippen molar-refractivity contribution >= 4 is 11.9 Å². The summed E-state index contributed by atoms with van der Waals surface area (Å²) >= 11 is 0. The van der Waals surface area contributed by atoms with Crippen LogP contribution in [0.25, 0.3) is 0 Å². The van der Waals surface area contributed by atoms with Crippen LogP contribution in [0.5, 0.6) is 0 Å².